The Labute approximate surface area is 152 Å². The second kappa shape index (κ2) is 9.41. The van der Waals surface area contributed by atoms with Gasteiger partial charge in [0.15, 0.2) is 0 Å². The SMILES string of the molecule is CC(=O)N(C)c1ccc(NC(=O)NCCCOc2ccc(F)cc2)cc1. The molecule has 0 unspecified atom stereocenters. The number of rotatable bonds is 7. The van der Waals surface area contributed by atoms with Gasteiger partial charge < -0.3 is 20.3 Å². The van der Waals surface area contributed by atoms with E-state index in [9.17, 15) is 14.0 Å². The third-order valence-corrected chi connectivity index (χ3v) is 3.67. The number of nitrogens with zero attached hydrogens (tertiary/aromatic N) is 1. The van der Waals surface area contributed by atoms with Crippen molar-refractivity contribution in [2.45, 2.75) is 13.3 Å². The Morgan fingerprint density at radius 1 is 1.08 bits per heavy atom. The number of hydrogen-bond acceptors (Lipinski definition) is 3. The van der Waals surface area contributed by atoms with E-state index in [-0.39, 0.29) is 17.8 Å². The van der Waals surface area contributed by atoms with Gasteiger partial charge in [-0.05, 0) is 55.0 Å². The highest BCUT2D eigenvalue weighted by atomic mass is 19.1. The molecule has 0 bridgehead atoms. The van der Waals surface area contributed by atoms with Gasteiger partial charge in [0, 0.05) is 31.9 Å². The Bertz CT molecular complexity index is 733. The van der Waals surface area contributed by atoms with Gasteiger partial charge in [-0.1, -0.05) is 0 Å². The maximum Gasteiger partial charge on any atom is 0.319 e. The smallest absolute Gasteiger partial charge is 0.319 e. The van der Waals surface area contributed by atoms with Crippen LogP contribution in [0.5, 0.6) is 5.75 Å². The molecule has 0 aliphatic rings. The zero-order valence-corrected chi connectivity index (χ0v) is 14.8. The van der Waals surface area contributed by atoms with Gasteiger partial charge in [-0.3, -0.25) is 4.79 Å². The van der Waals surface area contributed by atoms with Crippen molar-refractivity contribution in [3.05, 3.63) is 54.3 Å². The largest absolute Gasteiger partial charge is 0.494 e. The first-order chi connectivity index (χ1) is 12.5. The van der Waals surface area contributed by atoms with E-state index in [2.05, 4.69) is 10.6 Å². The molecule has 0 aromatic heterocycles. The minimum Gasteiger partial charge on any atom is -0.494 e. The van der Waals surface area contributed by atoms with Crippen molar-refractivity contribution in [1.29, 1.82) is 0 Å². The monoisotopic (exact) mass is 359 g/mol. The van der Waals surface area contributed by atoms with Crippen molar-refractivity contribution in [2.24, 2.45) is 0 Å². The number of ether oxygens (including phenoxy) is 1. The van der Waals surface area contributed by atoms with Gasteiger partial charge in [0.25, 0.3) is 0 Å². The molecule has 2 aromatic carbocycles. The molecule has 7 heteroatoms. The summed E-state index contributed by atoms with van der Waals surface area (Å²) in [4.78, 5) is 24.7. The van der Waals surface area contributed by atoms with Crippen LogP contribution in [-0.4, -0.2) is 32.1 Å². The van der Waals surface area contributed by atoms with Crippen LogP contribution in [-0.2, 0) is 4.79 Å². The third kappa shape index (κ3) is 6.08. The number of amides is 3. The fourth-order valence-corrected chi connectivity index (χ4v) is 2.12. The van der Waals surface area contributed by atoms with Gasteiger partial charge >= 0.3 is 6.03 Å². The lowest BCUT2D eigenvalue weighted by Crippen LogP contribution is -2.30. The Kier molecular flexibility index (Phi) is 6.96. The third-order valence-electron chi connectivity index (χ3n) is 3.67. The van der Waals surface area contributed by atoms with Crippen molar-refractivity contribution in [1.82, 2.24) is 5.32 Å². The molecule has 0 atom stereocenters. The molecule has 3 amide bonds. The normalized spacial score (nSPS) is 10.1. The molecule has 0 saturated carbocycles. The first-order valence-corrected chi connectivity index (χ1v) is 8.23. The lowest BCUT2D eigenvalue weighted by Gasteiger charge is -2.15. The molecular weight excluding hydrogens is 337 g/mol. The Hall–Kier alpha value is -3.09. The number of nitrogens with one attached hydrogen (secondary N) is 2. The van der Waals surface area contributed by atoms with E-state index in [0.29, 0.717) is 31.0 Å². The summed E-state index contributed by atoms with van der Waals surface area (Å²) in [7, 11) is 1.69. The van der Waals surface area contributed by atoms with Crippen molar-refractivity contribution < 1.29 is 18.7 Å². The Morgan fingerprint density at radius 3 is 2.35 bits per heavy atom. The summed E-state index contributed by atoms with van der Waals surface area (Å²) in [5, 5.41) is 5.44. The number of carbonyl (C=O) groups is 2. The van der Waals surface area contributed by atoms with Crippen LogP contribution in [0.15, 0.2) is 48.5 Å². The fraction of sp³-hybridized carbons (Fsp3) is 0.263. The average Bonchev–Trinajstić information content (AvgIpc) is 2.63. The number of anilines is 2. The molecule has 0 aliphatic heterocycles. The second-order valence-electron chi connectivity index (χ2n) is 5.66. The first-order valence-electron chi connectivity index (χ1n) is 8.23. The maximum atomic E-state index is 12.8. The topological polar surface area (TPSA) is 70.7 Å². The predicted octanol–water partition coefficient (Wildman–Crippen LogP) is 3.40. The van der Waals surface area contributed by atoms with Crippen LogP contribution in [0.2, 0.25) is 0 Å². The minimum absolute atomic E-state index is 0.0636. The molecule has 0 aliphatic carbocycles. The lowest BCUT2D eigenvalue weighted by atomic mass is 10.2. The predicted molar refractivity (Wildman–Crippen MR) is 99.1 cm³/mol. The summed E-state index contributed by atoms with van der Waals surface area (Å²) in [6.07, 6.45) is 0.618. The van der Waals surface area contributed by atoms with Crippen LogP contribution < -0.4 is 20.3 Å². The van der Waals surface area contributed by atoms with Gasteiger partial charge in [-0.2, -0.15) is 0 Å². The van der Waals surface area contributed by atoms with Gasteiger partial charge in [-0.15, -0.1) is 0 Å². The standard InChI is InChI=1S/C19H22FN3O3/c1-14(24)23(2)17-8-6-16(7-9-17)22-19(25)21-12-3-13-26-18-10-4-15(20)5-11-18/h4-11H,3,12-13H2,1-2H3,(H2,21,22,25). The summed E-state index contributed by atoms with van der Waals surface area (Å²) in [5.41, 5.74) is 1.38. The summed E-state index contributed by atoms with van der Waals surface area (Å²) in [6.45, 7) is 2.34. The number of urea groups is 1. The summed E-state index contributed by atoms with van der Waals surface area (Å²) < 4.78 is 18.2. The number of hydrogen-bond donors (Lipinski definition) is 2. The molecule has 2 aromatic rings. The average molecular weight is 359 g/mol. The summed E-state index contributed by atoms with van der Waals surface area (Å²) in [6, 6.07) is 12.4. The molecule has 0 saturated heterocycles. The van der Waals surface area contributed by atoms with E-state index < -0.39 is 0 Å². The zero-order valence-electron chi connectivity index (χ0n) is 14.8. The number of carbonyl (C=O) groups excluding carboxylic acids is 2. The van der Waals surface area contributed by atoms with Crippen molar-refractivity contribution in [3.63, 3.8) is 0 Å². The van der Waals surface area contributed by atoms with Crippen LogP contribution >= 0.6 is 0 Å². The van der Waals surface area contributed by atoms with Gasteiger partial charge in [-0.25, -0.2) is 9.18 Å². The molecule has 2 N–H and O–H groups in total. The van der Waals surface area contributed by atoms with E-state index in [0.717, 1.165) is 5.69 Å². The maximum absolute atomic E-state index is 12.8. The molecule has 26 heavy (non-hydrogen) atoms. The molecule has 2 rings (SSSR count). The Balaban J connectivity index is 1.67. The molecule has 138 valence electrons. The minimum atomic E-state index is -0.320. The highest BCUT2D eigenvalue weighted by molar-refractivity contribution is 5.92. The van der Waals surface area contributed by atoms with Gasteiger partial charge in [0.05, 0.1) is 6.61 Å². The summed E-state index contributed by atoms with van der Waals surface area (Å²) >= 11 is 0. The molecular formula is C19H22FN3O3. The van der Waals surface area contributed by atoms with Crippen LogP contribution in [0.3, 0.4) is 0 Å². The molecule has 0 fully saturated rings. The van der Waals surface area contributed by atoms with E-state index in [1.807, 2.05) is 0 Å². The second-order valence-corrected chi connectivity index (χ2v) is 5.66. The Morgan fingerprint density at radius 2 is 1.73 bits per heavy atom. The highest BCUT2D eigenvalue weighted by Crippen LogP contribution is 2.16. The lowest BCUT2D eigenvalue weighted by molar-refractivity contribution is -0.116. The molecule has 0 spiro atoms. The highest BCUT2D eigenvalue weighted by Gasteiger charge is 2.06. The van der Waals surface area contributed by atoms with Crippen LogP contribution in [0, 0.1) is 5.82 Å². The van der Waals surface area contributed by atoms with E-state index in [1.54, 1.807) is 43.4 Å². The van der Waals surface area contributed by atoms with Crippen molar-refractivity contribution >= 4 is 23.3 Å². The van der Waals surface area contributed by atoms with Crippen molar-refractivity contribution in [3.8, 4) is 5.75 Å². The van der Waals surface area contributed by atoms with Crippen LogP contribution in [0.1, 0.15) is 13.3 Å². The summed E-state index contributed by atoms with van der Waals surface area (Å²) in [5.74, 6) is 0.217. The van der Waals surface area contributed by atoms with Crippen LogP contribution in [0.25, 0.3) is 0 Å². The van der Waals surface area contributed by atoms with Gasteiger partial charge in [0.2, 0.25) is 5.91 Å². The quantitative estimate of drug-likeness (QED) is 0.745. The van der Waals surface area contributed by atoms with E-state index in [4.69, 9.17) is 4.74 Å². The number of halogens is 1. The fourth-order valence-electron chi connectivity index (χ4n) is 2.12. The zero-order chi connectivity index (χ0) is 18.9. The van der Waals surface area contributed by atoms with E-state index in [1.165, 1.54) is 24.0 Å². The first kappa shape index (κ1) is 19.2. The number of benzene rings is 2. The van der Waals surface area contributed by atoms with Gasteiger partial charge in [0.1, 0.15) is 11.6 Å². The van der Waals surface area contributed by atoms with E-state index >= 15 is 0 Å². The van der Waals surface area contributed by atoms with Crippen molar-refractivity contribution in [2.75, 3.05) is 30.4 Å². The molecule has 0 heterocycles. The molecule has 6 nitrogen and oxygen atoms in total. The molecule has 0 radical (unpaired) electrons. The van der Waals surface area contributed by atoms with Crippen LogP contribution in [0.4, 0.5) is 20.6 Å².